The molecule has 118 valence electrons. The van der Waals surface area contributed by atoms with Crippen LogP contribution in [0.25, 0.3) is 0 Å². The van der Waals surface area contributed by atoms with E-state index in [0.717, 1.165) is 43.3 Å². The predicted molar refractivity (Wildman–Crippen MR) is 91.4 cm³/mol. The molecular formula is C17H28ClN3. The van der Waals surface area contributed by atoms with E-state index in [0.29, 0.717) is 11.9 Å². The van der Waals surface area contributed by atoms with Crippen LogP contribution in [-0.4, -0.2) is 42.1 Å². The maximum Gasteiger partial charge on any atom is 0.129 e. The van der Waals surface area contributed by atoms with Crippen LogP contribution in [0.1, 0.15) is 45.9 Å². The smallest absolute Gasteiger partial charge is 0.129 e. The summed E-state index contributed by atoms with van der Waals surface area (Å²) in [5.74, 6) is 1.63. The lowest BCUT2D eigenvalue weighted by Crippen LogP contribution is -2.52. The van der Waals surface area contributed by atoms with E-state index in [1.54, 1.807) is 0 Å². The number of likely N-dealkylation sites (N-methyl/N-ethyl adjacent to an activating group) is 1. The average molecular weight is 310 g/mol. The Morgan fingerprint density at radius 2 is 2.00 bits per heavy atom. The summed E-state index contributed by atoms with van der Waals surface area (Å²) in [5.41, 5.74) is 2.34. The summed E-state index contributed by atoms with van der Waals surface area (Å²) in [7, 11) is 0. The molecule has 3 nitrogen and oxygen atoms in total. The van der Waals surface area contributed by atoms with Crippen LogP contribution in [0.3, 0.4) is 0 Å². The first-order valence-electron chi connectivity index (χ1n) is 7.91. The second-order valence-electron chi connectivity index (χ2n) is 7.03. The van der Waals surface area contributed by atoms with Crippen LogP contribution in [0.2, 0.25) is 0 Å². The SMILES string of the molecule is CCN1CCN(c2cc(CCl)cc(C(C)(C)C)n2)CC1C. The molecule has 21 heavy (non-hydrogen) atoms. The fraction of sp³-hybridized carbons (Fsp3) is 0.706. The normalized spacial score (nSPS) is 20.9. The van der Waals surface area contributed by atoms with Crippen molar-refractivity contribution in [3.8, 4) is 0 Å². The van der Waals surface area contributed by atoms with Gasteiger partial charge in [0.05, 0.1) is 0 Å². The molecule has 1 aliphatic rings. The van der Waals surface area contributed by atoms with Gasteiger partial charge in [-0.1, -0.05) is 27.7 Å². The van der Waals surface area contributed by atoms with E-state index >= 15 is 0 Å². The molecule has 4 heteroatoms. The van der Waals surface area contributed by atoms with Crippen molar-refractivity contribution in [1.29, 1.82) is 0 Å². The summed E-state index contributed by atoms with van der Waals surface area (Å²) in [5, 5.41) is 0. The third-order valence-electron chi connectivity index (χ3n) is 4.29. The largest absolute Gasteiger partial charge is 0.354 e. The highest BCUT2D eigenvalue weighted by atomic mass is 35.5. The Morgan fingerprint density at radius 3 is 2.52 bits per heavy atom. The minimum atomic E-state index is 0.0493. The van der Waals surface area contributed by atoms with E-state index in [4.69, 9.17) is 16.6 Å². The molecule has 1 fully saturated rings. The van der Waals surface area contributed by atoms with Crippen molar-refractivity contribution in [2.75, 3.05) is 31.1 Å². The Labute approximate surface area is 134 Å². The second-order valence-corrected chi connectivity index (χ2v) is 7.29. The molecule has 0 aromatic carbocycles. The van der Waals surface area contributed by atoms with Gasteiger partial charge < -0.3 is 4.90 Å². The molecule has 1 saturated heterocycles. The minimum Gasteiger partial charge on any atom is -0.354 e. The molecule has 1 aromatic rings. The number of piperazine rings is 1. The third-order valence-corrected chi connectivity index (χ3v) is 4.60. The zero-order valence-electron chi connectivity index (χ0n) is 14.0. The minimum absolute atomic E-state index is 0.0493. The molecule has 0 radical (unpaired) electrons. The van der Waals surface area contributed by atoms with Gasteiger partial charge in [0.25, 0.3) is 0 Å². The van der Waals surface area contributed by atoms with Gasteiger partial charge in [0.2, 0.25) is 0 Å². The van der Waals surface area contributed by atoms with Crippen molar-refractivity contribution < 1.29 is 0 Å². The molecule has 1 atom stereocenters. The average Bonchev–Trinajstić information content (AvgIpc) is 2.45. The van der Waals surface area contributed by atoms with Crippen molar-refractivity contribution in [3.05, 3.63) is 23.4 Å². The number of anilines is 1. The lowest BCUT2D eigenvalue weighted by Gasteiger charge is -2.40. The highest BCUT2D eigenvalue weighted by Crippen LogP contribution is 2.26. The van der Waals surface area contributed by atoms with E-state index < -0.39 is 0 Å². The Balaban J connectivity index is 2.27. The molecule has 1 aromatic heterocycles. The van der Waals surface area contributed by atoms with Gasteiger partial charge in [-0.25, -0.2) is 4.98 Å². The zero-order chi connectivity index (χ0) is 15.6. The van der Waals surface area contributed by atoms with Gasteiger partial charge in [-0.3, -0.25) is 4.90 Å². The van der Waals surface area contributed by atoms with Crippen LogP contribution in [0, 0.1) is 0 Å². The summed E-state index contributed by atoms with van der Waals surface area (Å²) >= 11 is 6.08. The monoisotopic (exact) mass is 309 g/mol. The van der Waals surface area contributed by atoms with E-state index in [2.05, 4.69) is 56.6 Å². The Kier molecular flexibility index (Phi) is 5.15. The first kappa shape index (κ1) is 16.6. The lowest BCUT2D eigenvalue weighted by molar-refractivity contribution is 0.199. The fourth-order valence-electron chi connectivity index (χ4n) is 2.87. The summed E-state index contributed by atoms with van der Waals surface area (Å²) in [6.45, 7) is 15.4. The van der Waals surface area contributed by atoms with Gasteiger partial charge in [0.15, 0.2) is 0 Å². The second kappa shape index (κ2) is 6.53. The van der Waals surface area contributed by atoms with Crippen LogP contribution in [-0.2, 0) is 11.3 Å². The van der Waals surface area contributed by atoms with Crippen LogP contribution in [0.15, 0.2) is 12.1 Å². The van der Waals surface area contributed by atoms with E-state index in [1.165, 1.54) is 0 Å². The first-order chi connectivity index (χ1) is 9.85. The molecule has 0 saturated carbocycles. The molecule has 0 N–H and O–H groups in total. The van der Waals surface area contributed by atoms with Gasteiger partial charge in [-0.05, 0) is 31.2 Å². The van der Waals surface area contributed by atoms with Crippen molar-refractivity contribution in [3.63, 3.8) is 0 Å². The topological polar surface area (TPSA) is 19.4 Å². The molecule has 0 bridgehead atoms. The standard InChI is InChI=1S/C17H28ClN3/c1-6-20-7-8-21(12-13(20)2)16-10-14(11-18)9-15(19-16)17(3,4)5/h9-10,13H,6-8,11-12H2,1-5H3. The van der Waals surface area contributed by atoms with Gasteiger partial charge in [-0.2, -0.15) is 0 Å². The highest BCUT2D eigenvalue weighted by Gasteiger charge is 2.25. The molecule has 0 aliphatic carbocycles. The number of hydrogen-bond donors (Lipinski definition) is 0. The molecule has 1 aliphatic heterocycles. The maximum absolute atomic E-state index is 6.08. The first-order valence-corrected chi connectivity index (χ1v) is 8.45. The maximum atomic E-state index is 6.08. The predicted octanol–water partition coefficient (Wildman–Crippen LogP) is 3.65. The summed E-state index contributed by atoms with van der Waals surface area (Å²) in [4.78, 5) is 9.84. The van der Waals surface area contributed by atoms with Crippen LogP contribution < -0.4 is 4.90 Å². The van der Waals surface area contributed by atoms with Crippen molar-refractivity contribution in [1.82, 2.24) is 9.88 Å². The fourth-order valence-corrected chi connectivity index (χ4v) is 3.02. The van der Waals surface area contributed by atoms with Gasteiger partial charge >= 0.3 is 0 Å². The molecule has 0 amide bonds. The van der Waals surface area contributed by atoms with Crippen molar-refractivity contribution in [2.24, 2.45) is 0 Å². The van der Waals surface area contributed by atoms with Gasteiger partial charge in [0.1, 0.15) is 5.82 Å². The van der Waals surface area contributed by atoms with Gasteiger partial charge in [-0.15, -0.1) is 11.6 Å². The van der Waals surface area contributed by atoms with Gasteiger partial charge in [0, 0.05) is 42.7 Å². The molecule has 2 rings (SSSR count). The van der Waals surface area contributed by atoms with E-state index in [1.807, 2.05) is 0 Å². The summed E-state index contributed by atoms with van der Waals surface area (Å²) < 4.78 is 0. The van der Waals surface area contributed by atoms with Crippen LogP contribution >= 0.6 is 11.6 Å². The third kappa shape index (κ3) is 3.89. The molecule has 0 spiro atoms. The lowest BCUT2D eigenvalue weighted by atomic mass is 9.91. The van der Waals surface area contributed by atoms with E-state index in [9.17, 15) is 0 Å². The quantitative estimate of drug-likeness (QED) is 0.795. The van der Waals surface area contributed by atoms with Crippen molar-refractivity contribution in [2.45, 2.75) is 52.0 Å². The van der Waals surface area contributed by atoms with Crippen LogP contribution in [0.5, 0.6) is 0 Å². The number of nitrogens with zero attached hydrogens (tertiary/aromatic N) is 3. The number of hydrogen-bond acceptors (Lipinski definition) is 3. The number of pyridine rings is 1. The number of rotatable bonds is 3. The zero-order valence-corrected chi connectivity index (χ0v) is 14.7. The van der Waals surface area contributed by atoms with Crippen molar-refractivity contribution >= 4 is 17.4 Å². The van der Waals surface area contributed by atoms with Crippen LogP contribution in [0.4, 0.5) is 5.82 Å². The summed E-state index contributed by atoms with van der Waals surface area (Å²) in [6, 6.07) is 4.86. The molecule has 2 heterocycles. The summed E-state index contributed by atoms with van der Waals surface area (Å²) in [6.07, 6.45) is 0. The number of alkyl halides is 1. The Morgan fingerprint density at radius 1 is 1.29 bits per heavy atom. The van der Waals surface area contributed by atoms with E-state index in [-0.39, 0.29) is 5.41 Å². The Hall–Kier alpha value is -0.800. The highest BCUT2D eigenvalue weighted by molar-refractivity contribution is 6.17. The molecule has 1 unspecified atom stereocenters. The Bertz CT molecular complexity index is 481. The number of halogens is 1. The number of aromatic nitrogens is 1. The molecular weight excluding hydrogens is 282 g/mol.